The fourth-order valence-corrected chi connectivity index (χ4v) is 1.45. The number of benzene rings is 1. The van der Waals surface area contributed by atoms with E-state index in [2.05, 4.69) is 5.92 Å². The smallest absolute Gasteiger partial charge is 0.307 e. The molecule has 0 aliphatic rings. The van der Waals surface area contributed by atoms with Crippen LogP contribution in [0.3, 0.4) is 0 Å². The molecule has 0 aliphatic carbocycles. The van der Waals surface area contributed by atoms with Crippen molar-refractivity contribution in [3.05, 3.63) is 39.4 Å². The Labute approximate surface area is 108 Å². The maximum absolute atomic E-state index is 13.6. The zero-order chi connectivity index (χ0) is 14.6. The van der Waals surface area contributed by atoms with Gasteiger partial charge in [-0.2, -0.15) is 4.39 Å². The molecule has 0 spiro atoms. The number of hydrogen-bond acceptors (Lipinski definition) is 3. The van der Waals surface area contributed by atoms with Gasteiger partial charge in [0.1, 0.15) is 5.82 Å². The maximum atomic E-state index is 13.6. The minimum atomic E-state index is -1.27. The molecule has 0 fully saturated rings. The van der Waals surface area contributed by atoms with Crippen LogP contribution in [0.25, 0.3) is 0 Å². The summed E-state index contributed by atoms with van der Waals surface area (Å²) in [6.45, 7) is 1.77. The zero-order valence-corrected chi connectivity index (χ0v) is 10.0. The Morgan fingerprint density at radius 2 is 2.11 bits per heavy atom. The van der Waals surface area contributed by atoms with Crippen LogP contribution in [-0.2, 0) is 0 Å². The van der Waals surface area contributed by atoms with Gasteiger partial charge in [-0.1, -0.05) is 5.92 Å². The monoisotopic (exact) mass is 268 g/mol. The van der Waals surface area contributed by atoms with E-state index in [-0.39, 0.29) is 13.1 Å². The number of carbonyl (C=O) groups is 1. The molecule has 1 rings (SSSR count). The van der Waals surface area contributed by atoms with E-state index in [4.69, 9.17) is 6.42 Å². The van der Waals surface area contributed by atoms with Crippen LogP contribution < -0.4 is 0 Å². The van der Waals surface area contributed by atoms with Crippen molar-refractivity contribution in [2.45, 2.75) is 6.92 Å². The molecule has 0 heterocycles. The number of carbonyl (C=O) groups excluding carboxylic acids is 1. The molecular formula is C12H10F2N2O3. The third kappa shape index (κ3) is 3.04. The fourth-order valence-electron chi connectivity index (χ4n) is 1.45. The lowest BCUT2D eigenvalue weighted by molar-refractivity contribution is -0.387. The molecule has 0 N–H and O–H groups in total. The van der Waals surface area contributed by atoms with Gasteiger partial charge in [-0.25, -0.2) is 4.39 Å². The molecule has 100 valence electrons. The highest BCUT2D eigenvalue weighted by Crippen LogP contribution is 2.22. The standard InChI is InChI=1S/C12H10F2N2O3/c1-3-5-15(4-2)12(17)8-6-10(14)11(16(18)19)7-9(8)13/h1,6-7H,4-5H2,2H3. The van der Waals surface area contributed by atoms with Gasteiger partial charge in [0.15, 0.2) is 0 Å². The molecule has 0 radical (unpaired) electrons. The average Bonchev–Trinajstić information content (AvgIpc) is 2.37. The Morgan fingerprint density at radius 1 is 1.47 bits per heavy atom. The van der Waals surface area contributed by atoms with Gasteiger partial charge in [0.2, 0.25) is 5.82 Å². The highest BCUT2D eigenvalue weighted by molar-refractivity contribution is 5.95. The third-order valence-corrected chi connectivity index (χ3v) is 2.41. The quantitative estimate of drug-likeness (QED) is 0.476. The number of nitrogens with zero attached hydrogens (tertiary/aromatic N) is 2. The third-order valence-electron chi connectivity index (χ3n) is 2.41. The Bertz CT molecular complexity index is 567. The van der Waals surface area contributed by atoms with Crippen molar-refractivity contribution in [3.8, 4) is 12.3 Å². The number of nitro groups is 1. The molecule has 0 atom stereocenters. The SMILES string of the molecule is C#CCN(CC)C(=O)c1cc(F)c([N+](=O)[O-])cc1F. The summed E-state index contributed by atoms with van der Waals surface area (Å²) in [5, 5.41) is 10.4. The average molecular weight is 268 g/mol. The molecule has 1 amide bonds. The predicted octanol–water partition coefficient (Wildman–Crippen LogP) is 1.97. The van der Waals surface area contributed by atoms with Crippen molar-refractivity contribution >= 4 is 11.6 Å². The Hall–Kier alpha value is -2.49. The number of hydrogen-bond donors (Lipinski definition) is 0. The Balaban J connectivity index is 3.22. The second-order valence-electron chi connectivity index (χ2n) is 3.56. The van der Waals surface area contributed by atoms with E-state index in [1.807, 2.05) is 0 Å². The zero-order valence-electron chi connectivity index (χ0n) is 10.0. The lowest BCUT2D eigenvalue weighted by Gasteiger charge is -2.18. The lowest BCUT2D eigenvalue weighted by atomic mass is 10.1. The van der Waals surface area contributed by atoms with E-state index in [0.29, 0.717) is 12.1 Å². The van der Waals surface area contributed by atoms with Crippen LogP contribution in [0.5, 0.6) is 0 Å². The first-order chi connectivity index (χ1) is 8.92. The second kappa shape index (κ2) is 5.91. The molecule has 0 aliphatic heterocycles. The Kier molecular flexibility index (Phi) is 4.53. The van der Waals surface area contributed by atoms with Gasteiger partial charge in [-0.3, -0.25) is 14.9 Å². The molecule has 19 heavy (non-hydrogen) atoms. The van der Waals surface area contributed by atoms with Crippen LogP contribution in [0, 0.1) is 34.1 Å². The fraction of sp³-hybridized carbons (Fsp3) is 0.250. The highest BCUT2D eigenvalue weighted by atomic mass is 19.1. The maximum Gasteiger partial charge on any atom is 0.307 e. The van der Waals surface area contributed by atoms with Crippen LogP contribution >= 0.6 is 0 Å². The van der Waals surface area contributed by atoms with Gasteiger partial charge >= 0.3 is 5.69 Å². The van der Waals surface area contributed by atoms with E-state index in [9.17, 15) is 23.7 Å². The van der Waals surface area contributed by atoms with Crippen LogP contribution in [0.15, 0.2) is 12.1 Å². The minimum absolute atomic E-state index is 0.0621. The molecular weight excluding hydrogens is 258 g/mol. The number of rotatable bonds is 4. The van der Waals surface area contributed by atoms with Crippen molar-refractivity contribution < 1.29 is 18.5 Å². The minimum Gasteiger partial charge on any atom is -0.328 e. The van der Waals surface area contributed by atoms with E-state index < -0.39 is 33.7 Å². The number of nitro benzene ring substituents is 1. The largest absolute Gasteiger partial charge is 0.328 e. The second-order valence-corrected chi connectivity index (χ2v) is 3.56. The van der Waals surface area contributed by atoms with Gasteiger partial charge < -0.3 is 4.90 Å². The van der Waals surface area contributed by atoms with Gasteiger partial charge in [0.25, 0.3) is 5.91 Å². The molecule has 0 saturated carbocycles. The van der Waals surface area contributed by atoms with Crippen LogP contribution in [-0.4, -0.2) is 28.8 Å². The predicted molar refractivity (Wildman–Crippen MR) is 63.4 cm³/mol. The normalized spacial score (nSPS) is 9.79. The summed E-state index contributed by atoms with van der Waals surface area (Å²) in [5.41, 5.74) is -1.60. The summed E-state index contributed by atoms with van der Waals surface area (Å²) >= 11 is 0. The van der Waals surface area contributed by atoms with Gasteiger partial charge in [0.05, 0.1) is 23.1 Å². The molecule has 0 aromatic heterocycles. The lowest BCUT2D eigenvalue weighted by Crippen LogP contribution is -2.31. The number of terminal acetylenes is 1. The van der Waals surface area contributed by atoms with Gasteiger partial charge in [-0.15, -0.1) is 6.42 Å². The van der Waals surface area contributed by atoms with Crippen molar-refractivity contribution in [1.82, 2.24) is 4.90 Å². The Morgan fingerprint density at radius 3 is 2.58 bits per heavy atom. The summed E-state index contributed by atoms with van der Waals surface area (Å²) in [7, 11) is 0. The van der Waals surface area contributed by atoms with Crippen LogP contribution in [0.4, 0.5) is 14.5 Å². The first kappa shape index (κ1) is 14.6. The van der Waals surface area contributed by atoms with Gasteiger partial charge in [-0.05, 0) is 13.0 Å². The summed E-state index contributed by atoms with van der Waals surface area (Å²) in [6, 6.07) is 0.890. The summed E-state index contributed by atoms with van der Waals surface area (Å²) in [6.07, 6.45) is 5.05. The summed E-state index contributed by atoms with van der Waals surface area (Å²) in [4.78, 5) is 22.3. The van der Waals surface area contributed by atoms with Crippen molar-refractivity contribution in [2.24, 2.45) is 0 Å². The van der Waals surface area contributed by atoms with Crippen LogP contribution in [0.1, 0.15) is 17.3 Å². The summed E-state index contributed by atoms with van der Waals surface area (Å²) < 4.78 is 27.0. The van der Waals surface area contributed by atoms with Crippen molar-refractivity contribution in [2.75, 3.05) is 13.1 Å². The molecule has 7 heteroatoms. The molecule has 0 unspecified atom stereocenters. The van der Waals surface area contributed by atoms with Gasteiger partial charge in [0, 0.05) is 6.54 Å². The first-order valence-corrected chi connectivity index (χ1v) is 5.28. The first-order valence-electron chi connectivity index (χ1n) is 5.28. The molecule has 0 bridgehead atoms. The molecule has 5 nitrogen and oxygen atoms in total. The van der Waals surface area contributed by atoms with E-state index >= 15 is 0 Å². The van der Waals surface area contributed by atoms with E-state index in [0.717, 1.165) is 4.90 Å². The number of amides is 1. The summed E-state index contributed by atoms with van der Waals surface area (Å²) in [5.74, 6) is -1.03. The highest BCUT2D eigenvalue weighted by Gasteiger charge is 2.24. The number of halogens is 2. The molecule has 1 aromatic rings. The van der Waals surface area contributed by atoms with E-state index in [1.54, 1.807) is 6.92 Å². The van der Waals surface area contributed by atoms with Crippen molar-refractivity contribution in [1.29, 1.82) is 0 Å². The topological polar surface area (TPSA) is 63.5 Å². The molecule has 1 aromatic carbocycles. The molecule has 0 saturated heterocycles. The van der Waals surface area contributed by atoms with Crippen LogP contribution in [0.2, 0.25) is 0 Å². The van der Waals surface area contributed by atoms with E-state index in [1.165, 1.54) is 0 Å². The van der Waals surface area contributed by atoms with Crippen molar-refractivity contribution in [3.63, 3.8) is 0 Å².